The van der Waals surface area contributed by atoms with Crippen molar-refractivity contribution in [2.24, 2.45) is 0 Å². The zero-order valence-electron chi connectivity index (χ0n) is 17.5. The highest BCUT2D eigenvalue weighted by Gasteiger charge is 2.15. The average molecular weight is 517 g/mol. The molecule has 0 unspecified atom stereocenters. The number of hydrogen-bond donors (Lipinski definition) is 3. The van der Waals surface area contributed by atoms with Gasteiger partial charge in [0.25, 0.3) is 0 Å². The van der Waals surface area contributed by atoms with E-state index in [0.717, 1.165) is 16.8 Å². The lowest BCUT2D eigenvalue weighted by Gasteiger charge is -2.06. The molecule has 3 N–H and O–H groups in total. The van der Waals surface area contributed by atoms with Gasteiger partial charge in [0.05, 0.1) is 15.7 Å². The van der Waals surface area contributed by atoms with Gasteiger partial charge in [0.15, 0.2) is 5.13 Å². The van der Waals surface area contributed by atoms with Gasteiger partial charge in [-0.05, 0) is 29.8 Å². The summed E-state index contributed by atoms with van der Waals surface area (Å²) < 4.78 is 5.43. The number of hydrogen-bond acceptors (Lipinski definition) is 7. The third kappa shape index (κ3) is 6.31. The normalized spacial score (nSPS) is 10.6. The Bertz CT molecular complexity index is 1290. The Kier molecular flexibility index (Phi) is 7.73. The molecule has 2 heterocycles. The largest absolute Gasteiger partial charge is 0.412 e. The first-order chi connectivity index (χ1) is 16.5. The summed E-state index contributed by atoms with van der Waals surface area (Å²) in [5.41, 5.74) is 2.27. The summed E-state index contributed by atoms with van der Waals surface area (Å²) >= 11 is 13.2. The maximum absolute atomic E-state index is 12.3. The van der Waals surface area contributed by atoms with Gasteiger partial charge in [-0.2, -0.15) is 0 Å². The van der Waals surface area contributed by atoms with Crippen LogP contribution in [0.25, 0.3) is 11.5 Å². The lowest BCUT2D eigenvalue weighted by atomic mass is 10.2. The Morgan fingerprint density at radius 1 is 1.00 bits per heavy atom. The minimum absolute atomic E-state index is 0.113. The van der Waals surface area contributed by atoms with E-state index in [1.54, 1.807) is 23.6 Å². The smallest absolute Gasteiger partial charge is 0.321 e. The van der Waals surface area contributed by atoms with E-state index in [9.17, 15) is 9.59 Å². The Labute approximate surface area is 208 Å². The average Bonchev–Trinajstić information content (AvgIpc) is 3.50. The van der Waals surface area contributed by atoms with Gasteiger partial charge < -0.3 is 15.1 Å². The van der Waals surface area contributed by atoms with Crippen molar-refractivity contribution in [1.82, 2.24) is 25.8 Å². The monoisotopic (exact) mass is 516 g/mol. The van der Waals surface area contributed by atoms with Crippen molar-refractivity contribution in [2.75, 3.05) is 11.9 Å². The van der Waals surface area contributed by atoms with Gasteiger partial charge in [0.1, 0.15) is 0 Å². The Balaban J connectivity index is 1.21. The van der Waals surface area contributed by atoms with Crippen molar-refractivity contribution in [3.8, 4) is 11.5 Å². The second-order valence-electron chi connectivity index (χ2n) is 6.98. The highest BCUT2D eigenvalue weighted by Crippen LogP contribution is 2.22. The van der Waals surface area contributed by atoms with Crippen molar-refractivity contribution >= 4 is 51.6 Å². The second-order valence-corrected chi connectivity index (χ2v) is 8.66. The van der Waals surface area contributed by atoms with E-state index in [0.29, 0.717) is 28.1 Å². The van der Waals surface area contributed by atoms with E-state index in [1.807, 2.05) is 30.3 Å². The quantitative estimate of drug-likeness (QED) is 0.309. The summed E-state index contributed by atoms with van der Waals surface area (Å²) in [5, 5.41) is 18.9. The number of nitrogens with one attached hydrogen (secondary N) is 3. The molecule has 4 rings (SSSR count). The van der Waals surface area contributed by atoms with E-state index in [2.05, 4.69) is 31.1 Å². The molecule has 4 aromatic rings. The fourth-order valence-corrected chi connectivity index (χ4v) is 3.91. The number of anilines is 1. The molecular weight excluding hydrogens is 499 g/mol. The lowest BCUT2D eigenvalue weighted by Crippen LogP contribution is -2.28. The number of carbonyl (C=O) groups is 2. The molecule has 9 nitrogen and oxygen atoms in total. The van der Waals surface area contributed by atoms with Crippen molar-refractivity contribution < 1.29 is 14.0 Å². The lowest BCUT2D eigenvalue weighted by molar-refractivity contribution is 0.0920. The van der Waals surface area contributed by atoms with Crippen LogP contribution in [0.2, 0.25) is 10.0 Å². The molecule has 0 aliphatic carbocycles. The molecule has 34 heavy (non-hydrogen) atoms. The van der Waals surface area contributed by atoms with Crippen LogP contribution in [-0.4, -0.2) is 33.7 Å². The van der Waals surface area contributed by atoms with Crippen LogP contribution >= 0.6 is 34.5 Å². The molecule has 2 aromatic carbocycles. The van der Waals surface area contributed by atoms with Gasteiger partial charge >= 0.3 is 17.8 Å². The van der Waals surface area contributed by atoms with E-state index in [-0.39, 0.29) is 18.3 Å². The summed E-state index contributed by atoms with van der Waals surface area (Å²) in [6, 6.07) is 13.9. The number of carbonyl (C=O) groups excluding carboxylic acids is 2. The minimum atomic E-state index is -0.468. The second kappa shape index (κ2) is 11.1. The van der Waals surface area contributed by atoms with Crippen LogP contribution < -0.4 is 16.0 Å². The SMILES string of the molecule is O=C(NCc1ccc(Cl)c(Cl)c1)Nc1nc(CCNC(=O)c2nnc(-c3ccccc3)o2)cs1. The van der Waals surface area contributed by atoms with Crippen molar-refractivity contribution in [1.29, 1.82) is 0 Å². The summed E-state index contributed by atoms with van der Waals surface area (Å²) in [6.45, 7) is 0.600. The van der Waals surface area contributed by atoms with Crippen LogP contribution in [0, 0.1) is 0 Å². The first-order valence-electron chi connectivity index (χ1n) is 10.1. The number of rotatable bonds is 8. The summed E-state index contributed by atoms with van der Waals surface area (Å²) in [7, 11) is 0. The van der Waals surface area contributed by atoms with E-state index < -0.39 is 11.9 Å². The molecule has 0 radical (unpaired) electrons. The van der Waals surface area contributed by atoms with Crippen LogP contribution in [-0.2, 0) is 13.0 Å². The molecule has 3 amide bonds. The minimum Gasteiger partial charge on any atom is -0.412 e. The van der Waals surface area contributed by atoms with Gasteiger partial charge in [0, 0.05) is 30.5 Å². The number of nitrogens with zero attached hydrogens (tertiary/aromatic N) is 3. The van der Waals surface area contributed by atoms with Gasteiger partial charge in [0.2, 0.25) is 5.89 Å². The zero-order valence-corrected chi connectivity index (χ0v) is 19.9. The Morgan fingerprint density at radius 2 is 1.82 bits per heavy atom. The number of thiazole rings is 1. The highest BCUT2D eigenvalue weighted by atomic mass is 35.5. The predicted molar refractivity (Wildman–Crippen MR) is 130 cm³/mol. The summed E-state index contributed by atoms with van der Waals surface area (Å²) in [4.78, 5) is 28.7. The first-order valence-corrected chi connectivity index (χ1v) is 11.7. The molecule has 0 saturated carbocycles. The zero-order chi connectivity index (χ0) is 23.9. The molecular formula is C22H18Cl2N6O3S. The van der Waals surface area contributed by atoms with Crippen LogP contribution in [0.1, 0.15) is 21.9 Å². The Morgan fingerprint density at radius 3 is 2.62 bits per heavy atom. The van der Waals surface area contributed by atoms with Crippen molar-refractivity contribution in [3.05, 3.63) is 81.1 Å². The van der Waals surface area contributed by atoms with Gasteiger partial charge in [-0.25, -0.2) is 9.78 Å². The maximum atomic E-state index is 12.3. The van der Waals surface area contributed by atoms with Gasteiger partial charge in [-0.15, -0.1) is 21.5 Å². The molecule has 174 valence electrons. The fourth-order valence-electron chi connectivity index (χ4n) is 2.84. The molecule has 0 aliphatic rings. The predicted octanol–water partition coefficient (Wildman–Crippen LogP) is 4.79. The standard InChI is InChI=1S/C22H18Cl2N6O3S/c23-16-7-6-13(10-17(16)24)11-26-21(32)28-22-27-15(12-34-22)8-9-25-18(31)20-30-29-19(33-20)14-4-2-1-3-5-14/h1-7,10,12H,8-9,11H2,(H,25,31)(H2,26,27,28,32). The van der Waals surface area contributed by atoms with E-state index in [4.69, 9.17) is 27.6 Å². The number of amides is 3. The summed E-state index contributed by atoms with van der Waals surface area (Å²) in [5.74, 6) is -0.304. The van der Waals surface area contributed by atoms with E-state index in [1.165, 1.54) is 11.3 Å². The van der Waals surface area contributed by atoms with E-state index >= 15 is 0 Å². The highest BCUT2D eigenvalue weighted by molar-refractivity contribution is 7.13. The topological polar surface area (TPSA) is 122 Å². The van der Waals surface area contributed by atoms with Crippen LogP contribution in [0.3, 0.4) is 0 Å². The van der Waals surface area contributed by atoms with Gasteiger partial charge in [-0.3, -0.25) is 10.1 Å². The number of halogens is 2. The van der Waals surface area contributed by atoms with Crippen molar-refractivity contribution in [2.45, 2.75) is 13.0 Å². The third-order valence-corrected chi connectivity index (χ3v) is 6.06. The number of urea groups is 1. The molecule has 0 saturated heterocycles. The fraction of sp³-hybridized carbons (Fsp3) is 0.136. The molecule has 0 fully saturated rings. The van der Waals surface area contributed by atoms with Crippen LogP contribution in [0.4, 0.5) is 9.93 Å². The Hall–Kier alpha value is -3.47. The summed E-state index contributed by atoms with van der Waals surface area (Å²) in [6.07, 6.45) is 0.467. The molecule has 0 bridgehead atoms. The molecule has 0 spiro atoms. The van der Waals surface area contributed by atoms with Crippen LogP contribution in [0.15, 0.2) is 58.3 Å². The van der Waals surface area contributed by atoms with Crippen molar-refractivity contribution in [3.63, 3.8) is 0 Å². The number of benzene rings is 2. The van der Waals surface area contributed by atoms with Gasteiger partial charge in [-0.1, -0.05) is 47.5 Å². The first kappa shape index (κ1) is 23.7. The number of aromatic nitrogens is 3. The molecule has 2 aromatic heterocycles. The molecule has 0 atom stereocenters. The maximum Gasteiger partial charge on any atom is 0.321 e. The third-order valence-electron chi connectivity index (χ3n) is 4.52. The van der Waals surface area contributed by atoms with Crippen LogP contribution in [0.5, 0.6) is 0 Å². The molecule has 0 aliphatic heterocycles. The molecule has 12 heteroatoms.